The molecule has 0 spiro atoms. The Bertz CT molecular complexity index is 705. The van der Waals surface area contributed by atoms with Gasteiger partial charge in [-0.15, -0.1) is 0 Å². The van der Waals surface area contributed by atoms with E-state index in [1.807, 2.05) is 0 Å². The third kappa shape index (κ3) is 3.92. The number of nitrogens with one attached hydrogen (secondary N) is 1. The van der Waals surface area contributed by atoms with Crippen molar-refractivity contribution in [1.82, 2.24) is 14.5 Å². The van der Waals surface area contributed by atoms with Crippen LogP contribution in [0.25, 0.3) is 0 Å². The molecule has 1 unspecified atom stereocenters. The fourth-order valence-electron chi connectivity index (χ4n) is 1.71. The van der Waals surface area contributed by atoms with Gasteiger partial charge in [0.25, 0.3) is 0 Å². The second-order valence-electron chi connectivity index (χ2n) is 4.44. The van der Waals surface area contributed by atoms with E-state index in [4.69, 9.17) is 9.52 Å². The molecule has 0 aliphatic rings. The summed E-state index contributed by atoms with van der Waals surface area (Å²) in [6.45, 7) is 1.77. The Hall–Kier alpha value is -2.13. The molecule has 21 heavy (non-hydrogen) atoms. The zero-order chi connectivity index (χ0) is 15.5. The normalized spacial score (nSPS) is 13.2. The van der Waals surface area contributed by atoms with Crippen LogP contribution < -0.4 is 4.72 Å². The van der Waals surface area contributed by atoms with Gasteiger partial charge in [-0.25, -0.2) is 13.1 Å². The van der Waals surface area contributed by atoms with E-state index in [-0.39, 0.29) is 17.9 Å². The Balaban J connectivity index is 2.07. The van der Waals surface area contributed by atoms with E-state index in [1.165, 1.54) is 23.3 Å². The van der Waals surface area contributed by atoms with Gasteiger partial charge in [-0.1, -0.05) is 0 Å². The topological polar surface area (TPSA) is 114 Å². The van der Waals surface area contributed by atoms with Crippen LogP contribution >= 0.6 is 0 Å². The fraction of sp³-hybridized carbons (Fsp3) is 0.333. The van der Waals surface area contributed by atoms with E-state index >= 15 is 0 Å². The van der Waals surface area contributed by atoms with Crippen LogP contribution in [0.5, 0.6) is 0 Å². The smallest absolute Gasteiger partial charge is 0.305 e. The van der Waals surface area contributed by atoms with Crippen molar-refractivity contribution >= 4 is 16.0 Å². The summed E-state index contributed by atoms with van der Waals surface area (Å²) in [6.07, 6.45) is 3.81. The number of hydrogen-bond acceptors (Lipinski definition) is 5. The molecule has 9 heteroatoms. The van der Waals surface area contributed by atoms with Crippen molar-refractivity contribution in [3.63, 3.8) is 0 Å². The summed E-state index contributed by atoms with van der Waals surface area (Å²) in [5.74, 6) is -0.476. The standard InChI is InChI=1S/C12H15N3O5S/c1-9(11-3-2-6-20-11)14-21(18,19)10-7-13-15(8-10)5-4-12(16)17/h2-3,6-9,14H,4-5H2,1H3,(H,16,17). The van der Waals surface area contributed by atoms with Crippen LogP contribution in [-0.4, -0.2) is 29.3 Å². The van der Waals surface area contributed by atoms with Gasteiger partial charge in [-0.2, -0.15) is 5.10 Å². The Morgan fingerprint density at radius 2 is 2.33 bits per heavy atom. The number of nitrogens with zero attached hydrogens (tertiary/aromatic N) is 2. The van der Waals surface area contributed by atoms with E-state index in [0.717, 1.165) is 0 Å². The minimum Gasteiger partial charge on any atom is -0.481 e. The van der Waals surface area contributed by atoms with Crippen molar-refractivity contribution in [3.05, 3.63) is 36.5 Å². The lowest BCUT2D eigenvalue weighted by molar-refractivity contribution is -0.137. The van der Waals surface area contributed by atoms with Crippen molar-refractivity contribution in [3.8, 4) is 0 Å². The Morgan fingerprint density at radius 3 is 2.95 bits per heavy atom. The number of aliphatic carboxylic acids is 1. The van der Waals surface area contributed by atoms with Gasteiger partial charge in [0.1, 0.15) is 10.7 Å². The summed E-state index contributed by atoms with van der Waals surface area (Å²) in [5.41, 5.74) is 0. The predicted molar refractivity (Wildman–Crippen MR) is 71.9 cm³/mol. The third-order valence-electron chi connectivity index (χ3n) is 2.78. The first-order chi connectivity index (χ1) is 9.88. The first kappa shape index (κ1) is 15.3. The minimum absolute atomic E-state index is 0.0219. The van der Waals surface area contributed by atoms with Gasteiger partial charge in [0, 0.05) is 6.20 Å². The second kappa shape index (κ2) is 6.10. The SMILES string of the molecule is CC(NS(=O)(=O)c1cnn(CCC(=O)O)c1)c1ccco1. The van der Waals surface area contributed by atoms with E-state index < -0.39 is 22.0 Å². The molecule has 0 aliphatic carbocycles. The van der Waals surface area contributed by atoms with Gasteiger partial charge in [0.2, 0.25) is 10.0 Å². The number of sulfonamides is 1. The fourth-order valence-corrected chi connectivity index (χ4v) is 2.88. The molecule has 8 nitrogen and oxygen atoms in total. The first-order valence-corrected chi connectivity index (χ1v) is 7.67. The second-order valence-corrected chi connectivity index (χ2v) is 6.16. The Kier molecular flexibility index (Phi) is 4.43. The monoisotopic (exact) mass is 313 g/mol. The van der Waals surface area contributed by atoms with E-state index in [2.05, 4.69) is 9.82 Å². The number of carboxylic acids is 1. The lowest BCUT2D eigenvalue weighted by Gasteiger charge is -2.10. The number of rotatable bonds is 7. The average Bonchev–Trinajstić information content (AvgIpc) is 3.07. The third-order valence-corrected chi connectivity index (χ3v) is 4.27. The van der Waals surface area contributed by atoms with Gasteiger partial charge in [-0.05, 0) is 19.1 Å². The molecule has 2 N–H and O–H groups in total. The van der Waals surface area contributed by atoms with Gasteiger partial charge in [0.15, 0.2) is 0 Å². The maximum atomic E-state index is 12.2. The van der Waals surface area contributed by atoms with Gasteiger partial charge >= 0.3 is 5.97 Å². The zero-order valence-electron chi connectivity index (χ0n) is 11.3. The molecule has 0 saturated heterocycles. The largest absolute Gasteiger partial charge is 0.481 e. The Labute approximate surface area is 121 Å². The molecule has 0 bridgehead atoms. The van der Waals surface area contributed by atoms with Crippen molar-refractivity contribution in [2.24, 2.45) is 0 Å². The molecule has 2 aromatic heterocycles. The summed E-state index contributed by atoms with van der Waals surface area (Å²) in [5, 5.41) is 12.4. The summed E-state index contributed by atoms with van der Waals surface area (Å²) < 4.78 is 33.2. The predicted octanol–water partition coefficient (Wildman–Crippen LogP) is 0.990. The molecular weight excluding hydrogens is 298 g/mol. The first-order valence-electron chi connectivity index (χ1n) is 6.18. The van der Waals surface area contributed by atoms with Crippen LogP contribution in [0.15, 0.2) is 40.1 Å². The molecule has 2 aromatic rings. The number of carbonyl (C=O) groups is 1. The average molecular weight is 313 g/mol. The van der Waals surface area contributed by atoms with Gasteiger partial charge in [-0.3, -0.25) is 9.48 Å². The maximum Gasteiger partial charge on any atom is 0.305 e. The molecule has 0 radical (unpaired) electrons. The van der Waals surface area contributed by atoms with Crippen LogP contribution in [0.1, 0.15) is 25.1 Å². The van der Waals surface area contributed by atoms with E-state index in [1.54, 1.807) is 19.1 Å². The molecular formula is C12H15N3O5S. The quantitative estimate of drug-likeness (QED) is 0.788. The molecule has 1 atom stereocenters. The van der Waals surface area contributed by atoms with Crippen molar-refractivity contribution in [1.29, 1.82) is 0 Å². The van der Waals surface area contributed by atoms with Crippen molar-refractivity contribution in [2.75, 3.05) is 0 Å². The highest BCUT2D eigenvalue weighted by atomic mass is 32.2. The minimum atomic E-state index is -3.74. The molecule has 2 heterocycles. The summed E-state index contributed by atoms with van der Waals surface area (Å²) >= 11 is 0. The van der Waals surface area contributed by atoms with Gasteiger partial charge < -0.3 is 9.52 Å². The molecule has 0 fully saturated rings. The van der Waals surface area contributed by atoms with E-state index in [0.29, 0.717) is 5.76 Å². The highest BCUT2D eigenvalue weighted by molar-refractivity contribution is 7.89. The molecule has 2 rings (SSSR count). The highest BCUT2D eigenvalue weighted by Gasteiger charge is 2.21. The lowest BCUT2D eigenvalue weighted by atomic mass is 10.3. The van der Waals surface area contributed by atoms with Crippen LogP contribution in [0.4, 0.5) is 0 Å². The number of furan rings is 1. The van der Waals surface area contributed by atoms with Crippen LogP contribution in [0, 0.1) is 0 Å². The molecule has 0 aromatic carbocycles. The number of hydrogen-bond donors (Lipinski definition) is 2. The summed E-state index contributed by atoms with van der Waals surface area (Å²) in [6, 6.07) is 2.82. The van der Waals surface area contributed by atoms with Crippen LogP contribution in [-0.2, 0) is 21.4 Å². The lowest BCUT2D eigenvalue weighted by Crippen LogP contribution is -2.26. The van der Waals surface area contributed by atoms with Crippen molar-refractivity contribution < 1.29 is 22.7 Å². The molecule has 114 valence electrons. The van der Waals surface area contributed by atoms with Crippen LogP contribution in [0.3, 0.4) is 0 Å². The van der Waals surface area contributed by atoms with Crippen LogP contribution in [0.2, 0.25) is 0 Å². The number of aromatic nitrogens is 2. The zero-order valence-corrected chi connectivity index (χ0v) is 12.1. The molecule has 0 amide bonds. The highest BCUT2D eigenvalue weighted by Crippen LogP contribution is 2.16. The van der Waals surface area contributed by atoms with Gasteiger partial charge in [0.05, 0.1) is 31.5 Å². The summed E-state index contributed by atoms with van der Waals surface area (Å²) in [4.78, 5) is 10.4. The molecule has 0 saturated carbocycles. The summed E-state index contributed by atoms with van der Waals surface area (Å²) in [7, 11) is -3.74. The van der Waals surface area contributed by atoms with Crippen molar-refractivity contribution in [2.45, 2.75) is 30.8 Å². The Morgan fingerprint density at radius 1 is 1.57 bits per heavy atom. The number of carboxylic acid groups (broad SMARTS) is 1. The number of aryl methyl sites for hydroxylation is 1. The van der Waals surface area contributed by atoms with E-state index in [9.17, 15) is 13.2 Å². The molecule has 0 aliphatic heterocycles. The maximum absolute atomic E-state index is 12.2.